The molecular weight excluding hydrogens is 398 g/mol. The third-order valence-electron chi connectivity index (χ3n) is 5.64. The zero-order chi connectivity index (χ0) is 22.5. The van der Waals surface area contributed by atoms with Crippen molar-refractivity contribution in [3.8, 4) is 11.1 Å². The van der Waals surface area contributed by atoms with Gasteiger partial charge in [-0.15, -0.1) is 0 Å². The van der Waals surface area contributed by atoms with Crippen molar-refractivity contribution >= 4 is 28.4 Å². The number of aliphatic carboxylic acids is 1. The van der Waals surface area contributed by atoms with Crippen molar-refractivity contribution in [2.75, 3.05) is 37.0 Å². The van der Waals surface area contributed by atoms with E-state index < -0.39 is 5.97 Å². The van der Waals surface area contributed by atoms with Gasteiger partial charge in [-0.2, -0.15) is 0 Å². The van der Waals surface area contributed by atoms with Crippen LogP contribution in [0.25, 0.3) is 22.0 Å². The number of carboxylic acid groups (broad SMARTS) is 1. The van der Waals surface area contributed by atoms with E-state index in [4.69, 9.17) is 4.98 Å². The molecule has 1 aromatic heterocycles. The molecule has 0 saturated heterocycles. The van der Waals surface area contributed by atoms with Crippen molar-refractivity contribution in [2.24, 2.45) is 0 Å². The quantitative estimate of drug-likeness (QED) is 0.426. The molecule has 0 radical (unpaired) electrons. The standard InChI is InChI=1S/C27H27N3O2/c1-29(22-11-7-4-8-12-22)16-15-20-13-14-25-24(17-20)23(21-9-5-3-6-10-21)18-26(28-25)30(2)19-27(31)32/h3-14,17-18H,15-16,19H2,1-2H3,(H,31,32). The molecule has 3 aromatic carbocycles. The number of nitrogens with zero attached hydrogens (tertiary/aromatic N) is 3. The maximum absolute atomic E-state index is 11.2. The van der Waals surface area contributed by atoms with E-state index in [1.807, 2.05) is 36.4 Å². The number of pyridine rings is 1. The third-order valence-corrected chi connectivity index (χ3v) is 5.64. The number of hydrogen-bond donors (Lipinski definition) is 1. The maximum Gasteiger partial charge on any atom is 0.323 e. The lowest BCUT2D eigenvalue weighted by Crippen LogP contribution is -2.26. The Morgan fingerprint density at radius 3 is 2.25 bits per heavy atom. The van der Waals surface area contributed by atoms with Crippen LogP contribution in [0.4, 0.5) is 11.5 Å². The smallest absolute Gasteiger partial charge is 0.323 e. The van der Waals surface area contributed by atoms with E-state index in [0.717, 1.165) is 35.0 Å². The molecule has 0 aliphatic carbocycles. The monoisotopic (exact) mass is 425 g/mol. The lowest BCUT2D eigenvalue weighted by atomic mass is 9.98. The fraction of sp³-hybridized carbons (Fsp3) is 0.185. The average molecular weight is 426 g/mol. The van der Waals surface area contributed by atoms with Crippen LogP contribution >= 0.6 is 0 Å². The Morgan fingerprint density at radius 1 is 0.875 bits per heavy atom. The van der Waals surface area contributed by atoms with E-state index in [1.54, 1.807) is 11.9 Å². The molecule has 0 amide bonds. The molecule has 1 heterocycles. The first-order valence-corrected chi connectivity index (χ1v) is 10.7. The highest BCUT2D eigenvalue weighted by Crippen LogP contribution is 2.32. The Labute approximate surface area is 188 Å². The summed E-state index contributed by atoms with van der Waals surface area (Å²) >= 11 is 0. The predicted octanol–water partition coefficient (Wildman–Crippen LogP) is 5.10. The van der Waals surface area contributed by atoms with Crippen LogP contribution < -0.4 is 9.80 Å². The zero-order valence-corrected chi connectivity index (χ0v) is 18.4. The van der Waals surface area contributed by atoms with E-state index in [9.17, 15) is 9.90 Å². The average Bonchev–Trinajstić information content (AvgIpc) is 2.82. The fourth-order valence-electron chi connectivity index (χ4n) is 3.86. The van der Waals surface area contributed by atoms with Gasteiger partial charge in [0.25, 0.3) is 0 Å². The van der Waals surface area contributed by atoms with Crippen LogP contribution in [0.3, 0.4) is 0 Å². The second-order valence-electron chi connectivity index (χ2n) is 8.00. The summed E-state index contributed by atoms with van der Waals surface area (Å²) in [5.41, 5.74) is 5.44. The number of hydrogen-bond acceptors (Lipinski definition) is 4. The molecule has 0 bridgehead atoms. The van der Waals surface area contributed by atoms with Gasteiger partial charge in [-0.05, 0) is 53.4 Å². The van der Waals surface area contributed by atoms with Gasteiger partial charge >= 0.3 is 5.97 Å². The van der Waals surface area contributed by atoms with Gasteiger partial charge in [0.15, 0.2) is 0 Å². The van der Waals surface area contributed by atoms with Crippen LogP contribution in [0.15, 0.2) is 84.9 Å². The van der Waals surface area contributed by atoms with Crippen molar-refractivity contribution in [1.29, 1.82) is 0 Å². The van der Waals surface area contributed by atoms with Crippen LogP contribution in [-0.2, 0) is 11.2 Å². The van der Waals surface area contributed by atoms with Crippen LogP contribution in [-0.4, -0.2) is 43.2 Å². The first kappa shape index (κ1) is 21.4. The number of anilines is 2. The Morgan fingerprint density at radius 2 is 1.56 bits per heavy atom. The lowest BCUT2D eigenvalue weighted by molar-refractivity contribution is -0.135. The zero-order valence-electron chi connectivity index (χ0n) is 18.4. The van der Waals surface area contributed by atoms with Crippen molar-refractivity contribution in [3.63, 3.8) is 0 Å². The molecule has 0 aliphatic heterocycles. The summed E-state index contributed by atoms with van der Waals surface area (Å²) in [6.45, 7) is 0.805. The van der Waals surface area contributed by atoms with E-state index in [2.05, 4.69) is 60.5 Å². The lowest BCUT2D eigenvalue weighted by Gasteiger charge is -2.20. The molecule has 32 heavy (non-hydrogen) atoms. The first-order valence-electron chi connectivity index (χ1n) is 10.7. The minimum Gasteiger partial charge on any atom is -0.480 e. The molecule has 5 nitrogen and oxygen atoms in total. The Kier molecular flexibility index (Phi) is 6.36. The molecule has 0 saturated carbocycles. The molecule has 0 spiro atoms. The molecule has 0 aliphatic rings. The number of aromatic nitrogens is 1. The van der Waals surface area contributed by atoms with Crippen LogP contribution in [0.2, 0.25) is 0 Å². The molecule has 1 N–H and O–H groups in total. The van der Waals surface area contributed by atoms with Gasteiger partial charge in [0.1, 0.15) is 12.4 Å². The highest BCUT2D eigenvalue weighted by molar-refractivity contribution is 5.96. The minimum atomic E-state index is -0.881. The molecule has 4 aromatic rings. The molecule has 0 atom stereocenters. The summed E-state index contributed by atoms with van der Waals surface area (Å²) in [4.78, 5) is 19.9. The molecular formula is C27H27N3O2. The molecule has 162 valence electrons. The van der Waals surface area contributed by atoms with Gasteiger partial charge in [0.05, 0.1) is 5.52 Å². The second-order valence-corrected chi connectivity index (χ2v) is 8.00. The summed E-state index contributed by atoms with van der Waals surface area (Å²) in [6, 6.07) is 28.9. The SMILES string of the molecule is CN(CCc1ccc2nc(N(C)CC(=O)O)cc(-c3ccccc3)c2c1)c1ccccc1. The van der Waals surface area contributed by atoms with Crippen LogP contribution in [0.1, 0.15) is 5.56 Å². The van der Waals surface area contributed by atoms with Gasteiger partial charge in [0.2, 0.25) is 0 Å². The predicted molar refractivity (Wildman–Crippen MR) is 132 cm³/mol. The van der Waals surface area contributed by atoms with E-state index >= 15 is 0 Å². The number of rotatable bonds is 8. The van der Waals surface area contributed by atoms with Crippen molar-refractivity contribution in [3.05, 3.63) is 90.5 Å². The summed E-state index contributed by atoms with van der Waals surface area (Å²) in [6.07, 6.45) is 0.913. The highest BCUT2D eigenvalue weighted by Gasteiger charge is 2.13. The Hall–Kier alpha value is -3.86. The molecule has 4 rings (SSSR count). The van der Waals surface area contributed by atoms with Crippen LogP contribution in [0, 0.1) is 0 Å². The minimum absolute atomic E-state index is 0.101. The Bertz CT molecular complexity index is 1210. The summed E-state index contributed by atoms with van der Waals surface area (Å²) < 4.78 is 0. The number of benzene rings is 3. The number of para-hydroxylation sites is 1. The van der Waals surface area contributed by atoms with Crippen molar-refractivity contribution < 1.29 is 9.90 Å². The molecule has 0 fully saturated rings. The Balaban J connectivity index is 1.68. The van der Waals surface area contributed by atoms with Crippen molar-refractivity contribution in [2.45, 2.75) is 6.42 Å². The third kappa shape index (κ3) is 4.89. The number of likely N-dealkylation sites (N-methyl/N-ethyl adjacent to an activating group) is 2. The van der Waals surface area contributed by atoms with E-state index in [-0.39, 0.29) is 6.54 Å². The normalized spacial score (nSPS) is 10.8. The van der Waals surface area contributed by atoms with Gasteiger partial charge in [-0.3, -0.25) is 4.79 Å². The van der Waals surface area contributed by atoms with Gasteiger partial charge < -0.3 is 14.9 Å². The topological polar surface area (TPSA) is 56.7 Å². The van der Waals surface area contributed by atoms with Gasteiger partial charge in [0, 0.05) is 31.7 Å². The number of carbonyl (C=O) groups is 1. The highest BCUT2D eigenvalue weighted by atomic mass is 16.4. The largest absolute Gasteiger partial charge is 0.480 e. The molecule has 0 unspecified atom stereocenters. The number of fused-ring (bicyclic) bond motifs is 1. The summed E-state index contributed by atoms with van der Waals surface area (Å²) in [5.74, 6) is -0.233. The summed E-state index contributed by atoms with van der Waals surface area (Å²) in [5, 5.41) is 10.3. The van der Waals surface area contributed by atoms with Crippen molar-refractivity contribution in [1.82, 2.24) is 4.98 Å². The first-order chi connectivity index (χ1) is 15.5. The van der Waals surface area contributed by atoms with Gasteiger partial charge in [-0.25, -0.2) is 4.98 Å². The second kappa shape index (κ2) is 9.52. The fourth-order valence-corrected chi connectivity index (χ4v) is 3.86. The summed E-state index contributed by atoms with van der Waals surface area (Å²) in [7, 11) is 3.86. The van der Waals surface area contributed by atoms with Crippen LogP contribution in [0.5, 0.6) is 0 Å². The van der Waals surface area contributed by atoms with E-state index in [1.165, 1.54) is 11.3 Å². The number of carboxylic acids is 1. The van der Waals surface area contributed by atoms with E-state index in [0.29, 0.717) is 5.82 Å². The molecule has 5 heteroatoms. The maximum atomic E-state index is 11.2. The van der Waals surface area contributed by atoms with Gasteiger partial charge in [-0.1, -0.05) is 54.6 Å².